The Labute approximate surface area is 102 Å². The van der Waals surface area contributed by atoms with Crippen LogP contribution in [0, 0.1) is 23.0 Å². The van der Waals surface area contributed by atoms with Gasteiger partial charge < -0.3 is 5.73 Å². The smallest absolute Gasteiger partial charge is 0.130 e. The Morgan fingerprint density at radius 2 is 1.65 bits per heavy atom. The number of hydrogen-bond donors (Lipinski definition) is 1. The molecule has 1 aromatic carbocycles. The lowest BCUT2D eigenvalue weighted by molar-refractivity contribution is 0.231. The molecule has 0 heterocycles. The van der Waals surface area contributed by atoms with Crippen molar-refractivity contribution in [1.82, 2.24) is 0 Å². The molecule has 1 rings (SSSR count). The second kappa shape index (κ2) is 5.13. The summed E-state index contributed by atoms with van der Waals surface area (Å²) in [6.07, 6.45) is 0.571. The number of halogens is 2. The van der Waals surface area contributed by atoms with Crippen molar-refractivity contribution in [3.63, 3.8) is 0 Å². The highest BCUT2D eigenvalue weighted by Gasteiger charge is 2.25. The lowest BCUT2D eigenvalue weighted by Crippen LogP contribution is -2.24. The fraction of sp³-hybridized carbons (Fsp3) is 0.571. The standard InChI is InChI=1S/C14H21F2N/c1-9(14(2,3)4)8-12(17)13-10(15)6-5-7-11(13)16/h5-7,9,12H,8,17H2,1-4H3. The van der Waals surface area contributed by atoms with Crippen molar-refractivity contribution < 1.29 is 8.78 Å². The third kappa shape index (κ3) is 3.50. The van der Waals surface area contributed by atoms with Gasteiger partial charge in [-0.15, -0.1) is 0 Å². The van der Waals surface area contributed by atoms with Gasteiger partial charge >= 0.3 is 0 Å². The summed E-state index contributed by atoms with van der Waals surface area (Å²) in [6.45, 7) is 8.35. The van der Waals surface area contributed by atoms with Crippen molar-refractivity contribution >= 4 is 0 Å². The molecule has 2 atom stereocenters. The highest BCUT2D eigenvalue weighted by molar-refractivity contribution is 5.23. The Balaban J connectivity index is 2.87. The topological polar surface area (TPSA) is 26.0 Å². The minimum absolute atomic E-state index is 0.00333. The molecule has 0 fully saturated rings. The van der Waals surface area contributed by atoms with Crippen LogP contribution in [0.2, 0.25) is 0 Å². The van der Waals surface area contributed by atoms with Crippen LogP contribution in [0.15, 0.2) is 18.2 Å². The molecular formula is C14H21F2N. The van der Waals surface area contributed by atoms with E-state index < -0.39 is 17.7 Å². The van der Waals surface area contributed by atoms with Gasteiger partial charge in [0.25, 0.3) is 0 Å². The maximum Gasteiger partial charge on any atom is 0.130 e. The van der Waals surface area contributed by atoms with Crippen LogP contribution < -0.4 is 5.73 Å². The molecule has 0 aliphatic carbocycles. The SMILES string of the molecule is CC(CC(N)c1c(F)cccc1F)C(C)(C)C. The summed E-state index contributed by atoms with van der Waals surface area (Å²) >= 11 is 0. The maximum atomic E-state index is 13.5. The number of hydrogen-bond acceptors (Lipinski definition) is 1. The molecule has 0 aromatic heterocycles. The van der Waals surface area contributed by atoms with Crippen LogP contribution in [0.25, 0.3) is 0 Å². The van der Waals surface area contributed by atoms with Gasteiger partial charge in [-0.2, -0.15) is 0 Å². The van der Waals surface area contributed by atoms with Crippen molar-refractivity contribution in [2.45, 2.75) is 40.2 Å². The van der Waals surface area contributed by atoms with Crippen LogP contribution in [0.4, 0.5) is 8.78 Å². The number of benzene rings is 1. The van der Waals surface area contributed by atoms with Crippen LogP contribution in [0.5, 0.6) is 0 Å². The Morgan fingerprint density at radius 1 is 1.18 bits per heavy atom. The van der Waals surface area contributed by atoms with Crippen molar-refractivity contribution in [2.24, 2.45) is 17.1 Å². The maximum absolute atomic E-state index is 13.5. The highest BCUT2D eigenvalue weighted by atomic mass is 19.1. The van der Waals surface area contributed by atoms with Gasteiger partial charge in [-0.25, -0.2) is 8.78 Å². The summed E-state index contributed by atoms with van der Waals surface area (Å²) in [5.74, 6) is -0.825. The summed E-state index contributed by atoms with van der Waals surface area (Å²) in [6, 6.07) is 3.26. The molecule has 0 bridgehead atoms. The molecule has 0 aliphatic heterocycles. The third-order valence-electron chi connectivity index (χ3n) is 3.46. The van der Waals surface area contributed by atoms with E-state index in [9.17, 15) is 8.78 Å². The first-order valence-electron chi connectivity index (χ1n) is 5.93. The van der Waals surface area contributed by atoms with E-state index in [-0.39, 0.29) is 16.9 Å². The largest absolute Gasteiger partial charge is 0.324 e. The van der Waals surface area contributed by atoms with Crippen molar-refractivity contribution in [1.29, 1.82) is 0 Å². The van der Waals surface area contributed by atoms with Crippen molar-refractivity contribution in [3.8, 4) is 0 Å². The van der Waals surface area contributed by atoms with Gasteiger partial charge in [-0.05, 0) is 29.9 Å². The summed E-state index contributed by atoms with van der Waals surface area (Å²) < 4.78 is 27.1. The first kappa shape index (κ1) is 14.1. The first-order valence-corrected chi connectivity index (χ1v) is 5.93. The Hall–Kier alpha value is -0.960. The van der Waals surface area contributed by atoms with E-state index in [1.807, 2.05) is 0 Å². The second-order valence-electron chi connectivity index (χ2n) is 5.74. The fourth-order valence-electron chi connectivity index (χ4n) is 1.72. The molecular weight excluding hydrogens is 220 g/mol. The summed E-state index contributed by atoms with van der Waals surface area (Å²) in [5.41, 5.74) is 6.00. The van der Waals surface area contributed by atoms with Crippen LogP contribution in [-0.2, 0) is 0 Å². The zero-order valence-electron chi connectivity index (χ0n) is 10.9. The van der Waals surface area contributed by atoms with Gasteiger partial charge in [0.1, 0.15) is 11.6 Å². The Bertz CT molecular complexity index is 362. The molecule has 0 radical (unpaired) electrons. The van der Waals surface area contributed by atoms with E-state index >= 15 is 0 Å². The normalized spacial score (nSPS) is 15.7. The fourth-order valence-corrected chi connectivity index (χ4v) is 1.72. The van der Waals surface area contributed by atoms with E-state index in [2.05, 4.69) is 27.7 Å². The van der Waals surface area contributed by atoms with Gasteiger partial charge in [0.05, 0.1) is 0 Å². The van der Waals surface area contributed by atoms with Gasteiger partial charge in [0.2, 0.25) is 0 Å². The third-order valence-corrected chi connectivity index (χ3v) is 3.46. The average molecular weight is 241 g/mol. The van der Waals surface area contributed by atoms with Gasteiger partial charge in [0.15, 0.2) is 0 Å². The van der Waals surface area contributed by atoms with Gasteiger partial charge in [-0.1, -0.05) is 33.8 Å². The van der Waals surface area contributed by atoms with E-state index in [4.69, 9.17) is 5.73 Å². The second-order valence-corrected chi connectivity index (χ2v) is 5.74. The molecule has 0 spiro atoms. The first-order chi connectivity index (χ1) is 7.73. The summed E-state index contributed by atoms with van der Waals surface area (Å²) in [7, 11) is 0. The average Bonchev–Trinajstić information content (AvgIpc) is 2.15. The molecule has 96 valence electrons. The summed E-state index contributed by atoms with van der Waals surface area (Å²) in [5, 5.41) is 0. The van der Waals surface area contributed by atoms with Crippen LogP contribution in [0.3, 0.4) is 0 Å². The molecule has 0 saturated carbocycles. The van der Waals surface area contributed by atoms with E-state index in [1.165, 1.54) is 18.2 Å². The van der Waals surface area contributed by atoms with E-state index in [0.717, 1.165) is 0 Å². The zero-order chi connectivity index (χ0) is 13.2. The molecule has 0 saturated heterocycles. The Morgan fingerprint density at radius 3 is 2.06 bits per heavy atom. The van der Waals surface area contributed by atoms with Crippen LogP contribution in [-0.4, -0.2) is 0 Å². The van der Waals surface area contributed by atoms with Gasteiger partial charge in [0, 0.05) is 11.6 Å². The molecule has 17 heavy (non-hydrogen) atoms. The molecule has 2 N–H and O–H groups in total. The van der Waals surface area contributed by atoms with Crippen LogP contribution in [0.1, 0.15) is 45.7 Å². The lowest BCUT2D eigenvalue weighted by atomic mass is 9.77. The summed E-state index contributed by atoms with van der Waals surface area (Å²) in [4.78, 5) is 0. The lowest BCUT2D eigenvalue weighted by Gasteiger charge is -2.29. The van der Waals surface area contributed by atoms with E-state index in [0.29, 0.717) is 6.42 Å². The minimum atomic E-state index is -0.592. The van der Waals surface area contributed by atoms with Crippen LogP contribution >= 0.6 is 0 Å². The number of nitrogens with two attached hydrogens (primary N) is 1. The molecule has 2 unspecified atom stereocenters. The van der Waals surface area contributed by atoms with Crippen molar-refractivity contribution in [3.05, 3.63) is 35.4 Å². The monoisotopic (exact) mass is 241 g/mol. The zero-order valence-corrected chi connectivity index (χ0v) is 10.9. The molecule has 1 aromatic rings. The minimum Gasteiger partial charge on any atom is -0.324 e. The predicted octanol–water partition coefficient (Wildman–Crippen LogP) is 4.04. The quantitative estimate of drug-likeness (QED) is 0.849. The molecule has 0 aliphatic rings. The van der Waals surface area contributed by atoms with Crippen molar-refractivity contribution in [2.75, 3.05) is 0 Å². The van der Waals surface area contributed by atoms with E-state index in [1.54, 1.807) is 0 Å². The van der Waals surface area contributed by atoms with Gasteiger partial charge in [-0.3, -0.25) is 0 Å². The highest BCUT2D eigenvalue weighted by Crippen LogP contribution is 2.33. The molecule has 0 amide bonds. The molecule has 1 nitrogen and oxygen atoms in total. The Kier molecular flexibility index (Phi) is 4.26. The molecule has 3 heteroatoms. The predicted molar refractivity (Wildman–Crippen MR) is 66.5 cm³/mol. The number of rotatable bonds is 3.